The van der Waals surface area contributed by atoms with E-state index in [1.54, 1.807) is 0 Å². The lowest BCUT2D eigenvalue weighted by Gasteiger charge is -2.23. The molecule has 2 rings (SSSR count). The molecule has 1 heterocycles. The number of nitrogens with one attached hydrogen (secondary N) is 1. The predicted molar refractivity (Wildman–Crippen MR) is 69.4 cm³/mol. The van der Waals surface area contributed by atoms with E-state index in [1.165, 1.54) is 18.2 Å². The first kappa shape index (κ1) is 13.8. The second kappa shape index (κ2) is 5.14. The zero-order valence-electron chi connectivity index (χ0n) is 10.3. The van der Waals surface area contributed by atoms with Crippen LogP contribution in [0.25, 0.3) is 0 Å². The van der Waals surface area contributed by atoms with Crippen molar-refractivity contribution in [1.29, 1.82) is 0 Å². The Labute approximate surface area is 114 Å². The Hall–Kier alpha value is -1.66. The van der Waals surface area contributed by atoms with E-state index in [0.29, 0.717) is 19.6 Å². The largest absolute Gasteiger partial charge is 0.379 e. The van der Waals surface area contributed by atoms with Crippen LogP contribution in [0.4, 0.5) is 5.69 Å². The maximum absolute atomic E-state index is 12.2. The second-order valence-corrected chi connectivity index (χ2v) is 5.17. The van der Waals surface area contributed by atoms with Crippen LogP contribution in [-0.2, 0) is 4.74 Å². The minimum absolute atomic E-state index is 0.0365. The van der Waals surface area contributed by atoms with E-state index >= 15 is 0 Å². The fourth-order valence-corrected chi connectivity index (χ4v) is 2.13. The summed E-state index contributed by atoms with van der Waals surface area (Å²) in [7, 11) is 0. The van der Waals surface area contributed by atoms with E-state index in [4.69, 9.17) is 16.3 Å². The molecule has 1 fully saturated rings. The topological polar surface area (TPSA) is 81.5 Å². The summed E-state index contributed by atoms with van der Waals surface area (Å²) in [6, 6.07) is 3.91. The molecule has 0 radical (unpaired) electrons. The van der Waals surface area contributed by atoms with E-state index < -0.39 is 16.4 Å². The van der Waals surface area contributed by atoms with Crippen molar-refractivity contribution in [1.82, 2.24) is 5.32 Å². The molecular formula is C12H13ClN2O4. The van der Waals surface area contributed by atoms with Crippen molar-refractivity contribution in [2.45, 2.75) is 18.9 Å². The fraction of sp³-hybridized carbons (Fsp3) is 0.417. The summed E-state index contributed by atoms with van der Waals surface area (Å²) in [6.45, 7) is 2.80. The molecule has 1 atom stereocenters. The van der Waals surface area contributed by atoms with Gasteiger partial charge in [0.15, 0.2) is 0 Å². The smallest absolute Gasteiger partial charge is 0.282 e. The Bertz CT molecular complexity index is 526. The van der Waals surface area contributed by atoms with Gasteiger partial charge in [0, 0.05) is 17.7 Å². The number of amides is 1. The van der Waals surface area contributed by atoms with Crippen molar-refractivity contribution in [3.05, 3.63) is 38.9 Å². The predicted octanol–water partition coefficient (Wildman–Crippen LogP) is 2.16. The maximum atomic E-state index is 12.2. The van der Waals surface area contributed by atoms with E-state index in [0.717, 1.165) is 0 Å². The lowest BCUT2D eigenvalue weighted by molar-refractivity contribution is -0.385. The standard InChI is InChI=1S/C12H13ClN2O4/c1-12(4-5-19-7-12)14-11(16)9-6-8(13)2-3-10(9)15(17)18/h2-3,6H,4-5,7H2,1H3,(H,14,16). The number of hydrogen-bond acceptors (Lipinski definition) is 4. The van der Waals surface area contributed by atoms with Crippen LogP contribution in [0.2, 0.25) is 5.02 Å². The number of hydrogen-bond donors (Lipinski definition) is 1. The summed E-state index contributed by atoms with van der Waals surface area (Å²) in [5.74, 6) is -0.512. The van der Waals surface area contributed by atoms with Gasteiger partial charge in [0.1, 0.15) is 5.56 Å². The van der Waals surface area contributed by atoms with Crippen LogP contribution in [-0.4, -0.2) is 29.6 Å². The van der Waals surface area contributed by atoms with Crippen molar-refractivity contribution in [2.75, 3.05) is 13.2 Å². The van der Waals surface area contributed by atoms with Crippen molar-refractivity contribution in [3.8, 4) is 0 Å². The molecule has 1 aliphatic heterocycles. The first-order valence-electron chi connectivity index (χ1n) is 5.75. The van der Waals surface area contributed by atoms with Crippen molar-refractivity contribution in [3.63, 3.8) is 0 Å². The van der Waals surface area contributed by atoms with Gasteiger partial charge in [0.2, 0.25) is 0 Å². The van der Waals surface area contributed by atoms with Gasteiger partial charge in [-0.2, -0.15) is 0 Å². The first-order chi connectivity index (χ1) is 8.91. The average molecular weight is 285 g/mol. The third-order valence-corrected chi connectivity index (χ3v) is 3.27. The summed E-state index contributed by atoms with van der Waals surface area (Å²) < 4.78 is 5.22. The molecule has 102 valence electrons. The lowest BCUT2D eigenvalue weighted by Crippen LogP contribution is -2.46. The minimum Gasteiger partial charge on any atom is -0.379 e. The van der Waals surface area contributed by atoms with Gasteiger partial charge in [-0.1, -0.05) is 11.6 Å². The Morgan fingerprint density at radius 3 is 2.89 bits per heavy atom. The third kappa shape index (κ3) is 3.02. The van der Waals surface area contributed by atoms with Crippen LogP contribution in [0, 0.1) is 10.1 Å². The summed E-state index contributed by atoms with van der Waals surface area (Å²) in [5.41, 5.74) is -0.789. The number of nitro benzene ring substituents is 1. The van der Waals surface area contributed by atoms with Crippen molar-refractivity contribution < 1.29 is 14.5 Å². The van der Waals surface area contributed by atoms with Crippen LogP contribution >= 0.6 is 11.6 Å². The highest BCUT2D eigenvalue weighted by Gasteiger charge is 2.33. The maximum Gasteiger partial charge on any atom is 0.282 e. The summed E-state index contributed by atoms with van der Waals surface area (Å²) in [4.78, 5) is 22.5. The van der Waals surface area contributed by atoms with E-state index in [2.05, 4.69) is 5.32 Å². The number of ether oxygens (including phenoxy) is 1. The monoisotopic (exact) mass is 284 g/mol. The average Bonchev–Trinajstić information content (AvgIpc) is 2.75. The zero-order valence-corrected chi connectivity index (χ0v) is 11.1. The van der Waals surface area contributed by atoms with E-state index in [-0.39, 0.29) is 16.3 Å². The molecule has 1 aromatic rings. The lowest BCUT2D eigenvalue weighted by atomic mass is 10.0. The molecule has 0 aliphatic carbocycles. The normalized spacial score (nSPS) is 22.2. The minimum atomic E-state index is -0.598. The van der Waals surface area contributed by atoms with Crippen LogP contribution in [0.3, 0.4) is 0 Å². The molecule has 1 N–H and O–H groups in total. The summed E-state index contributed by atoms with van der Waals surface area (Å²) in [5, 5.41) is 14.0. The van der Waals surface area contributed by atoms with Gasteiger partial charge in [-0.3, -0.25) is 14.9 Å². The molecule has 1 aromatic carbocycles. The molecule has 1 amide bonds. The van der Waals surface area contributed by atoms with E-state index in [9.17, 15) is 14.9 Å². The SMILES string of the molecule is CC1(NC(=O)c2cc(Cl)ccc2[N+](=O)[O-])CCOC1. The number of halogens is 1. The van der Waals surface area contributed by atoms with Gasteiger partial charge in [-0.15, -0.1) is 0 Å². The molecule has 1 unspecified atom stereocenters. The molecule has 1 aliphatic rings. The van der Waals surface area contributed by atoms with Gasteiger partial charge in [0.05, 0.1) is 17.1 Å². The Balaban J connectivity index is 2.27. The van der Waals surface area contributed by atoms with Crippen LogP contribution in [0.15, 0.2) is 18.2 Å². The Morgan fingerprint density at radius 1 is 1.58 bits per heavy atom. The molecule has 19 heavy (non-hydrogen) atoms. The van der Waals surface area contributed by atoms with Gasteiger partial charge in [-0.25, -0.2) is 0 Å². The molecule has 0 spiro atoms. The van der Waals surface area contributed by atoms with Crippen LogP contribution < -0.4 is 5.32 Å². The van der Waals surface area contributed by atoms with Gasteiger partial charge < -0.3 is 10.1 Å². The van der Waals surface area contributed by atoms with Crippen molar-refractivity contribution in [2.24, 2.45) is 0 Å². The zero-order chi connectivity index (χ0) is 14.0. The molecule has 7 heteroatoms. The molecule has 0 bridgehead atoms. The Kier molecular flexibility index (Phi) is 3.73. The second-order valence-electron chi connectivity index (χ2n) is 4.74. The number of nitrogens with zero attached hydrogens (tertiary/aromatic N) is 1. The summed E-state index contributed by atoms with van der Waals surface area (Å²) in [6.07, 6.45) is 0.674. The van der Waals surface area contributed by atoms with Gasteiger partial charge in [-0.05, 0) is 25.5 Å². The molecule has 0 aromatic heterocycles. The molecule has 0 saturated carbocycles. The van der Waals surface area contributed by atoms with E-state index in [1.807, 2.05) is 6.92 Å². The fourth-order valence-electron chi connectivity index (χ4n) is 1.96. The van der Waals surface area contributed by atoms with Crippen LogP contribution in [0.1, 0.15) is 23.7 Å². The van der Waals surface area contributed by atoms with Crippen molar-refractivity contribution >= 4 is 23.2 Å². The summed E-state index contributed by atoms with van der Waals surface area (Å²) >= 11 is 5.79. The number of nitro groups is 1. The molecular weight excluding hydrogens is 272 g/mol. The van der Waals surface area contributed by atoms with Gasteiger partial charge in [0.25, 0.3) is 11.6 Å². The van der Waals surface area contributed by atoms with Gasteiger partial charge >= 0.3 is 0 Å². The number of carbonyl (C=O) groups excluding carboxylic acids is 1. The number of benzene rings is 1. The molecule has 1 saturated heterocycles. The van der Waals surface area contributed by atoms with Crippen LogP contribution in [0.5, 0.6) is 0 Å². The third-order valence-electron chi connectivity index (χ3n) is 3.03. The Morgan fingerprint density at radius 2 is 2.32 bits per heavy atom. The first-order valence-corrected chi connectivity index (χ1v) is 6.13. The molecule has 6 nitrogen and oxygen atoms in total. The highest BCUT2D eigenvalue weighted by Crippen LogP contribution is 2.24. The number of carbonyl (C=O) groups is 1. The quantitative estimate of drug-likeness (QED) is 0.681. The number of rotatable bonds is 3. The highest BCUT2D eigenvalue weighted by atomic mass is 35.5. The highest BCUT2D eigenvalue weighted by molar-refractivity contribution is 6.31.